The fraction of sp³-hybridized carbons (Fsp3) is 0.364. The Hall–Kier alpha value is -2.00. The van der Waals surface area contributed by atoms with E-state index in [1.807, 2.05) is 0 Å². The zero-order chi connectivity index (χ0) is 15.4. The molecule has 0 nitrogen and oxygen atoms in total. The Morgan fingerprint density at radius 2 is 1.27 bits per heavy atom. The molecule has 0 saturated heterocycles. The van der Waals surface area contributed by atoms with E-state index in [0.29, 0.717) is 5.92 Å². The van der Waals surface area contributed by atoms with Crippen LogP contribution in [0.15, 0.2) is 48.5 Å². The van der Waals surface area contributed by atoms with Gasteiger partial charge in [-0.2, -0.15) is 0 Å². The number of hydrogen-bond donors (Lipinski definition) is 0. The first-order valence-electron chi connectivity index (χ1n) is 8.35. The smallest absolute Gasteiger partial charge is 0.0245 e. The van der Waals surface area contributed by atoms with Crippen molar-refractivity contribution in [1.82, 2.24) is 0 Å². The van der Waals surface area contributed by atoms with Crippen molar-refractivity contribution in [3.63, 3.8) is 0 Å². The van der Waals surface area contributed by atoms with Crippen LogP contribution < -0.4 is 0 Å². The number of rotatable bonds is 1. The summed E-state index contributed by atoms with van der Waals surface area (Å²) in [5.41, 5.74) is 5.30. The van der Waals surface area contributed by atoms with Gasteiger partial charge in [-0.25, -0.2) is 0 Å². The van der Waals surface area contributed by atoms with Gasteiger partial charge in [-0.3, -0.25) is 0 Å². The molecule has 1 saturated carbocycles. The van der Waals surface area contributed by atoms with Gasteiger partial charge in [0.05, 0.1) is 0 Å². The van der Waals surface area contributed by atoms with Crippen LogP contribution >= 0.6 is 0 Å². The van der Waals surface area contributed by atoms with Crippen LogP contribution in [-0.2, 0) is 0 Å². The lowest BCUT2D eigenvalue weighted by atomic mass is 9.79. The van der Waals surface area contributed by atoms with Crippen molar-refractivity contribution in [1.29, 1.82) is 0 Å². The van der Waals surface area contributed by atoms with Crippen LogP contribution in [0.5, 0.6) is 0 Å². The van der Waals surface area contributed by atoms with Crippen molar-refractivity contribution < 1.29 is 0 Å². The Morgan fingerprint density at radius 1 is 0.727 bits per heavy atom. The molecule has 0 atom stereocenters. The van der Waals surface area contributed by atoms with E-state index in [2.05, 4.69) is 74.2 Å². The molecule has 2 aromatic rings. The zero-order valence-corrected chi connectivity index (χ0v) is 13.6. The number of aryl methyl sites for hydroxylation is 2. The molecule has 0 aliphatic heterocycles. The van der Waals surface area contributed by atoms with E-state index < -0.39 is 0 Å². The van der Waals surface area contributed by atoms with Crippen molar-refractivity contribution in [2.24, 2.45) is 5.92 Å². The van der Waals surface area contributed by atoms with Crippen LogP contribution in [0.2, 0.25) is 0 Å². The molecule has 0 N–H and O–H groups in total. The third-order valence-electron chi connectivity index (χ3n) is 4.75. The molecule has 0 heterocycles. The molecule has 2 aromatic carbocycles. The summed E-state index contributed by atoms with van der Waals surface area (Å²) in [5, 5.41) is 0. The Kier molecular flexibility index (Phi) is 4.64. The normalized spacial score (nSPS) is 21.0. The second kappa shape index (κ2) is 6.84. The predicted octanol–water partition coefficient (Wildman–Crippen LogP) is 5.63. The summed E-state index contributed by atoms with van der Waals surface area (Å²) in [5.74, 6) is 8.15. The molecule has 0 bridgehead atoms. The quantitative estimate of drug-likeness (QED) is 0.597. The van der Waals surface area contributed by atoms with Crippen LogP contribution in [0.1, 0.15) is 53.9 Å². The van der Waals surface area contributed by atoms with Gasteiger partial charge in [0.1, 0.15) is 0 Å². The van der Waals surface area contributed by atoms with E-state index in [0.717, 1.165) is 11.5 Å². The van der Waals surface area contributed by atoms with Crippen molar-refractivity contribution >= 4 is 0 Å². The Balaban J connectivity index is 1.58. The van der Waals surface area contributed by atoms with Gasteiger partial charge in [-0.1, -0.05) is 59.4 Å². The lowest BCUT2D eigenvalue weighted by Gasteiger charge is -2.26. The Bertz CT molecular complexity index is 657. The first kappa shape index (κ1) is 14.9. The third kappa shape index (κ3) is 3.80. The summed E-state index contributed by atoms with van der Waals surface area (Å²) in [6.07, 6.45) is 5.02. The largest absolute Gasteiger partial charge is 0.0945 e. The van der Waals surface area contributed by atoms with Gasteiger partial charge in [0.25, 0.3) is 0 Å². The van der Waals surface area contributed by atoms with Crippen LogP contribution in [0.4, 0.5) is 0 Å². The van der Waals surface area contributed by atoms with Crippen molar-refractivity contribution in [3.8, 4) is 11.8 Å². The fourth-order valence-corrected chi connectivity index (χ4v) is 3.23. The molecule has 0 aromatic heterocycles. The molecule has 22 heavy (non-hydrogen) atoms. The fourth-order valence-electron chi connectivity index (χ4n) is 3.23. The highest BCUT2D eigenvalue weighted by Crippen LogP contribution is 2.35. The Morgan fingerprint density at radius 3 is 1.86 bits per heavy atom. The minimum absolute atomic E-state index is 0.572. The van der Waals surface area contributed by atoms with E-state index in [-0.39, 0.29) is 0 Å². The minimum atomic E-state index is 0.572. The molecule has 0 heteroatoms. The molecule has 1 fully saturated rings. The van der Waals surface area contributed by atoms with Gasteiger partial charge in [0, 0.05) is 11.5 Å². The lowest BCUT2D eigenvalue weighted by Crippen LogP contribution is -2.12. The molecule has 0 spiro atoms. The summed E-state index contributed by atoms with van der Waals surface area (Å²) in [6.45, 7) is 4.27. The molecule has 0 radical (unpaired) electrons. The molecule has 112 valence electrons. The highest BCUT2D eigenvalue weighted by atomic mass is 14.2. The average Bonchev–Trinajstić information content (AvgIpc) is 2.56. The van der Waals surface area contributed by atoms with Gasteiger partial charge < -0.3 is 0 Å². The minimum Gasteiger partial charge on any atom is -0.0945 e. The molecule has 1 aliphatic rings. The summed E-state index contributed by atoms with van der Waals surface area (Å²) in [7, 11) is 0. The van der Waals surface area contributed by atoms with Crippen molar-refractivity contribution in [3.05, 3.63) is 70.8 Å². The maximum absolute atomic E-state index is 3.49. The third-order valence-corrected chi connectivity index (χ3v) is 4.75. The summed E-state index contributed by atoms with van der Waals surface area (Å²) in [4.78, 5) is 0. The maximum atomic E-state index is 3.49. The van der Waals surface area contributed by atoms with Gasteiger partial charge in [-0.05, 0) is 63.1 Å². The highest BCUT2D eigenvalue weighted by molar-refractivity contribution is 5.36. The SMILES string of the molecule is Cc1ccc(C#C[C@H]2CC[C@H](c3ccc(C)cc3)CC2)cc1. The first-order chi connectivity index (χ1) is 10.7. The van der Waals surface area contributed by atoms with E-state index >= 15 is 0 Å². The Labute approximate surface area is 134 Å². The van der Waals surface area contributed by atoms with Gasteiger partial charge in [0.15, 0.2) is 0 Å². The molecule has 3 rings (SSSR count). The summed E-state index contributed by atoms with van der Waals surface area (Å²) >= 11 is 0. The lowest BCUT2D eigenvalue weighted by molar-refractivity contribution is 0.384. The van der Waals surface area contributed by atoms with Gasteiger partial charge in [-0.15, -0.1) is 0 Å². The van der Waals surface area contributed by atoms with Crippen molar-refractivity contribution in [2.45, 2.75) is 45.4 Å². The summed E-state index contributed by atoms with van der Waals surface area (Å²) < 4.78 is 0. The molecular weight excluding hydrogens is 264 g/mol. The second-order valence-corrected chi connectivity index (χ2v) is 6.59. The van der Waals surface area contributed by atoms with E-state index in [1.54, 1.807) is 0 Å². The topological polar surface area (TPSA) is 0 Å². The number of benzene rings is 2. The van der Waals surface area contributed by atoms with E-state index in [1.165, 1.54) is 42.4 Å². The highest BCUT2D eigenvalue weighted by Gasteiger charge is 2.20. The van der Waals surface area contributed by atoms with Gasteiger partial charge in [0.2, 0.25) is 0 Å². The molecular formula is C22H24. The molecule has 1 aliphatic carbocycles. The van der Waals surface area contributed by atoms with E-state index in [9.17, 15) is 0 Å². The number of hydrogen-bond acceptors (Lipinski definition) is 0. The second-order valence-electron chi connectivity index (χ2n) is 6.59. The first-order valence-corrected chi connectivity index (χ1v) is 8.35. The molecule has 0 unspecified atom stereocenters. The summed E-state index contributed by atoms with van der Waals surface area (Å²) in [6, 6.07) is 17.6. The van der Waals surface area contributed by atoms with E-state index in [4.69, 9.17) is 0 Å². The monoisotopic (exact) mass is 288 g/mol. The molecule has 0 amide bonds. The van der Waals surface area contributed by atoms with Crippen LogP contribution in [0.3, 0.4) is 0 Å². The van der Waals surface area contributed by atoms with Gasteiger partial charge >= 0.3 is 0 Å². The van der Waals surface area contributed by atoms with Crippen LogP contribution in [-0.4, -0.2) is 0 Å². The van der Waals surface area contributed by atoms with Crippen LogP contribution in [0, 0.1) is 31.6 Å². The zero-order valence-electron chi connectivity index (χ0n) is 13.6. The predicted molar refractivity (Wildman–Crippen MR) is 93.9 cm³/mol. The standard InChI is InChI=1S/C22H24/c1-17-3-7-19(8-4-17)9-10-20-11-15-22(16-12-20)21-13-5-18(2)6-14-21/h3-8,13-14,20,22H,11-12,15-16H2,1-2H3/t20-,22-. The average molecular weight is 288 g/mol. The van der Waals surface area contributed by atoms with Crippen molar-refractivity contribution in [2.75, 3.05) is 0 Å². The van der Waals surface area contributed by atoms with Crippen LogP contribution in [0.25, 0.3) is 0 Å². The maximum Gasteiger partial charge on any atom is 0.0245 e.